The zero-order chi connectivity index (χ0) is 15.8. The molecule has 2 aliphatic heterocycles. The van der Waals surface area contributed by atoms with E-state index < -0.39 is 0 Å². The number of aromatic amines is 1. The molecule has 2 saturated heterocycles. The minimum absolute atomic E-state index is 0.292. The molecule has 2 fully saturated rings. The molecule has 0 saturated carbocycles. The number of hydrogen-bond acceptors (Lipinski definition) is 5. The fourth-order valence-corrected chi connectivity index (χ4v) is 4.89. The van der Waals surface area contributed by atoms with Crippen LogP contribution in [0.5, 0.6) is 0 Å². The van der Waals surface area contributed by atoms with Crippen LogP contribution in [0.2, 0.25) is 0 Å². The predicted octanol–water partition coefficient (Wildman–Crippen LogP) is 2.56. The Bertz CT molecular complexity index is 667. The molecule has 23 heavy (non-hydrogen) atoms. The highest BCUT2D eigenvalue weighted by atomic mass is 32.1. The zero-order valence-electron chi connectivity index (χ0n) is 13.8. The van der Waals surface area contributed by atoms with E-state index in [0.717, 1.165) is 37.8 Å². The van der Waals surface area contributed by atoms with Crippen LogP contribution >= 0.6 is 11.3 Å². The van der Waals surface area contributed by atoms with E-state index in [2.05, 4.69) is 38.5 Å². The maximum atomic E-state index is 6.10. The van der Waals surface area contributed by atoms with Gasteiger partial charge < -0.3 is 4.74 Å². The molecule has 0 aromatic carbocycles. The average Bonchev–Trinajstić information content (AvgIpc) is 3.23. The van der Waals surface area contributed by atoms with Crippen molar-refractivity contribution in [2.75, 3.05) is 19.7 Å². The second-order valence-electron chi connectivity index (χ2n) is 6.89. The van der Waals surface area contributed by atoms with Gasteiger partial charge in [0.15, 0.2) is 5.82 Å². The molecule has 0 radical (unpaired) electrons. The van der Waals surface area contributed by atoms with Crippen LogP contribution in [0.15, 0.2) is 11.4 Å². The minimum atomic E-state index is 0.292. The van der Waals surface area contributed by atoms with Gasteiger partial charge in [-0.2, -0.15) is 5.10 Å². The Labute approximate surface area is 141 Å². The highest BCUT2D eigenvalue weighted by molar-refractivity contribution is 7.10. The average molecular weight is 332 g/mol. The largest absolute Gasteiger partial charge is 0.377 e. The standard InChI is InChI=1S/C17H24N4OS/c1-11-4-6-23-16(11)9-21-5-3-14-13(8-21)10-22-15(14)7-17-18-12(2)19-20-17/h4,6,13-15H,3,5,7-10H2,1-2H3,(H,18,19,20)/t13-,14-,15+/m1/s1. The number of aryl methyl sites for hydroxylation is 2. The number of H-pyrrole nitrogens is 1. The van der Waals surface area contributed by atoms with Crippen LogP contribution in [-0.4, -0.2) is 45.9 Å². The summed E-state index contributed by atoms with van der Waals surface area (Å²) in [5.41, 5.74) is 1.43. The number of likely N-dealkylation sites (tertiary alicyclic amines) is 1. The molecule has 2 aromatic rings. The summed E-state index contributed by atoms with van der Waals surface area (Å²) >= 11 is 1.88. The quantitative estimate of drug-likeness (QED) is 0.935. The van der Waals surface area contributed by atoms with Gasteiger partial charge in [0.05, 0.1) is 12.7 Å². The Morgan fingerprint density at radius 3 is 3.09 bits per heavy atom. The van der Waals surface area contributed by atoms with Crippen LogP contribution in [0.1, 0.15) is 28.5 Å². The normalized spacial score (nSPS) is 28.2. The van der Waals surface area contributed by atoms with Gasteiger partial charge in [-0.25, -0.2) is 4.98 Å². The van der Waals surface area contributed by atoms with E-state index in [1.165, 1.54) is 23.4 Å². The highest BCUT2D eigenvalue weighted by Crippen LogP contribution is 2.36. The third-order valence-electron chi connectivity index (χ3n) is 5.24. The van der Waals surface area contributed by atoms with Gasteiger partial charge in [-0.3, -0.25) is 10.00 Å². The van der Waals surface area contributed by atoms with Crippen molar-refractivity contribution in [3.8, 4) is 0 Å². The lowest BCUT2D eigenvalue weighted by atomic mass is 9.83. The Balaban J connectivity index is 1.36. The van der Waals surface area contributed by atoms with Crippen molar-refractivity contribution in [2.24, 2.45) is 11.8 Å². The van der Waals surface area contributed by atoms with Crippen molar-refractivity contribution >= 4 is 11.3 Å². The fraction of sp³-hybridized carbons (Fsp3) is 0.647. The van der Waals surface area contributed by atoms with Gasteiger partial charge in [-0.05, 0) is 49.7 Å². The second kappa shape index (κ2) is 6.34. The minimum Gasteiger partial charge on any atom is -0.377 e. The monoisotopic (exact) mass is 332 g/mol. The number of rotatable bonds is 4. The first-order valence-electron chi connectivity index (χ1n) is 8.44. The van der Waals surface area contributed by atoms with Crippen molar-refractivity contribution in [3.05, 3.63) is 33.5 Å². The number of piperidine rings is 1. The Hall–Kier alpha value is -1.24. The van der Waals surface area contributed by atoms with Gasteiger partial charge in [0, 0.05) is 30.3 Å². The van der Waals surface area contributed by atoms with Crippen LogP contribution in [0.25, 0.3) is 0 Å². The summed E-state index contributed by atoms with van der Waals surface area (Å²) in [7, 11) is 0. The molecular formula is C17H24N4OS. The van der Waals surface area contributed by atoms with Gasteiger partial charge in [-0.15, -0.1) is 11.3 Å². The molecule has 0 bridgehead atoms. The van der Waals surface area contributed by atoms with Gasteiger partial charge in [0.25, 0.3) is 0 Å². The maximum absolute atomic E-state index is 6.10. The Kier molecular flexibility index (Phi) is 4.22. The molecule has 3 atom stereocenters. The van der Waals surface area contributed by atoms with Crippen LogP contribution in [0.3, 0.4) is 0 Å². The van der Waals surface area contributed by atoms with Crippen molar-refractivity contribution in [2.45, 2.75) is 39.3 Å². The first kappa shape index (κ1) is 15.3. The van der Waals surface area contributed by atoms with E-state index in [0.29, 0.717) is 17.9 Å². The number of thiophene rings is 1. The number of fused-ring (bicyclic) bond motifs is 1. The SMILES string of the molecule is Cc1nc(C[C@@H]2OC[C@H]3CN(Cc4sccc4C)CC[C@H]32)n[nH]1. The maximum Gasteiger partial charge on any atom is 0.153 e. The molecule has 1 N–H and O–H groups in total. The van der Waals surface area contributed by atoms with E-state index >= 15 is 0 Å². The van der Waals surface area contributed by atoms with E-state index in [4.69, 9.17) is 4.74 Å². The number of ether oxygens (including phenoxy) is 1. The molecular weight excluding hydrogens is 308 g/mol. The first-order valence-corrected chi connectivity index (χ1v) is 9.32. The lowest BCUT2D eigenvalue weighted by molar-refractivity contribution is 0.0835. The fourth-order valence-electron chi connectivity index (χ4n) is 3.95. The number of aromatic nitrogens is 3. The summed E-state index contributed by atoms with van der Waals surface area (Å²) < 4.78 is 6.10. The van der Waals surface area contributed by atoms with Crippen molar-refractivity contribution in [3.63, 3.8) is 0 Å². The molecule has 5 nitrogen and oxygen atoms in total. The summed E-state index contributed by atoms with van der Waals surface area (Å²) in [5.74, 6) is 3.10. The summed E-state index contributed by atoms with van der Waals surface area (Å²) in [6.07, 6.45) is 2.36. The van der Waals surface area contributed by atoms with Crippen LogP contribution < -0.4 is 0 Å². The Morgan fingerprint density at radius 1 is 1.43 bits per heavy atom. The number of hydrogen-bond donors (Lipinski definition) is 1. The summed E-state index contributed by atoms with van der Waals surface area (Å²) in [4.78, 5) is 8.54. The number of nitrogens with one attached hydrogen (secondary N) is 1. The molecule has 2 aromatic heterocycles. The molecule has 4 rings (SSSR count). The lowest BCUT2D eigenvalue weighted by Gasteiger charge is -2.35. The van der Waals surface area contributed by atoms with Gasteiger partial charge in [-0.1, -0.05) is 0 Å². The van der Waals surface area contributed by atoms with Gasteiger partial charge in [0.2, 0.25) is 0 Å². The van der Waals surface area contributed by atoms with Crippen LogP contribution in [0, 0.1) is 25.7 Å². The van der Waals surface area contributed by atoms with Crippen molar-refractivity contribution in [1.82, 2.24) is 20.1 Å². The van der Waals surface area contributed by atoms with Crippen molar-refractivity contribution < 1.29 is 4.74 Å². The van der Waals surface area contributed by atoms with E-state index in [-0.39, 0.29) is 0 Å². The van der Waals surface area contributed by atoms with Crippen molar-refractivity contribution in [1.29, 1.82) is 0 Å². The molecule has 2 aliphatic rings. The molecule has 0 unspecified atom stereocenters. The topological polar surface area (TPSA) is 54.0 Å². The molecule has 124 valence electrons. The van der Waals surface area contributed by atoms with E-state index in [1.807, 2.05) is 18.3 Å². The molecule has 4 heterocycles. The number of nitrogens with zero attached hydrogens (tertiary/aromatic N) is 3. The first-order chi connectivity index (χ1) is 11.2. The molecule has 6 heteroatoms. The summed E-state index contributed by atoms with van der Waals surface area (Å²) in [5, 5.41) is 9.39. The lowest BCUT2D eigenvalue weighted by Crippen LogP contribution is -2.41. The van der Waals surface area contributed by atoms with Gasteiger partial charge >= 0.3 is 0 Å². The third-order valence-corrected chi connectivity index (χ3v) is 6.25. The van der Waals surface area contributed by atoms with E-state index in [9.17, 15) is 0 Å². The summed E-state index contributed by atoms with van der Waals surface area (Å²) in [6, 6.07) is 2.22. The molecule has 0 aliphatic carbocycles. The van der Waals surface area contributed by atoms with Gasteiger partial charge in [0.1, 0.15) is 5.82 Å². The van der Waals surface area contributed by atoms with Crippen LogP contribution in [0.4, 0.5) is 0 Å². The van der Waals surface area contributed by atoms with Crippen LogP contribution in [-0.2, 0) is 17.7 Å². The third kappa shape index (κ3) is 3.20. The second-order valence-corrected chi connectivity index (χ2v) is 7.89. The molecule has 0 spiro atoms. The Morgan fingerprint density at radius 2 is 2.35 bits per heavy atom. The zero-order valence-corrected chi connectivity index (χ0v) is 14.6. The molecule has 0 amide bonds. The smallest absolute Gasteiger partial charge is 0.153 e. The van der Waals surface area contributed by atoms with E-state index in [1.54, 1.807) is 0 Å². The highest BCUT2D eigenvalue weighted by Gasteiger charge is 2.41. The predicted molar refractivity (Wildman–Crippen MR) is 90.5 cm³/mol. The summed E-state index contributed by atoms with van der Waals surface area (Å²) in [6.45, 7) is 8.47.